The van der Waals surface area contributed by atoms with E-state index in [0.29, 0.717) is 65.4 Å². The normalized spacial score (nSPS) is 24.3. The van der Waals surface area contributed by atoms with Crippen LogP contribution in [0.1, 0.15) is 140 Å². The van der Waals surface area contributed by atoms with Gasteiger partial charge in [-0.15, -0.1) is 0 Å². The molecule has 4 heterocycles. The van der Waals surface area contributed by atoms with E-state index in [1.54, 1.807) is 49.5 Å². The number of nitrogens with one attached hydrogen (secondary N) is 11. The van der Waals surface area contributed by atoms with E-state index >= 15 is 4.79 Å². The average molecular weight is 1520 g/mol. The zero-order valence-corrected chi connectivity index (χ0v) is 61.2. The van der Waals surface area contributed by atoms with E-state index in [9.17, 15) is 72.5 Å². The highest BCUT2D eigenvalue weighted by Crippen LogP contribution is 2.28. The minimum atomic E-state index is -1.97. The minimum absolute atomic E-state index is 0.00372. The van der Waals surface area contributed by atoms with Gasteiger partial charge in [0.2, 0.25) is 65.0 Å². The van der Waals surface area contributed by atoms with Crippen molar-refractivity contribution in [2.45, 2.75) is 202 Å². The Balaban J connectivity index is 1.44. The highest BCUT2D eigenvalue weighted by Gasteiger charge is 2.41. The number of aromatic amines is 1. The van der Waals surface area contributed by atoms with Gasteiger partial charge < -0.3 is 98.6 Å². The number of fused-ring (bicyclic) bond motifs is 7. The van der Waals surface area contributed by atoms with Crippen LogP contribution in [0.5, 0.6) is 5.75 Å². The van der Waals surface area contributed by atoms with Crippen LogP contribution in [0, 0.1) is 5.92 Å². The number of unbranched alkanes of at least 4 members (excludes halogenated alkanes) is 1. The van der Waals surface area contributed by atoms with Crippen molar-refractivity contribution in [2.24, 2.45) is 34.0 Å². The molecule has 3 aliphatic rings. The van der Waals surface area contributed by atoms with Crippen molar-refractivity contribution in [2.75, 3.05) is 37.8 Å². The quantitative estimate of drug-likeness (QED) is 0.0303. The second kappa shape index (κ2) is 43.3. The molecular weight excluding hydrogens is 1420 g/mol. The molecule has 12 amide bonds. The number of amides is 12. The number of nitrogens with two attached hydrogens (primary N) is 4. The molecule has 1 fully saturated rings. The third-order valence-corrected chi connectivity index (χ3v) is 19.8. The number of aliphatic carboxylic acids is 2. The first-order valence-electron chi connectivity index (χ1n) is 35.4. The molecule has 2 aromatic carbocycles. The van der Waals surface area contributed by atoms with E-state index < -0.39 is 181 Å². The summed E-state index contributed by atoms with van der Waals surface area (Å²) in [6.45, 7) is 5.44. The monoisotopic (exact) mass is 1520 g/mol. The maximum Gasteiger partial charge on any atom is 0.338 e. The number of aromatic nitrogens is 1. The Morgan fingerprint density at radius 2 is 1.22 bits per heavy atom. The van der Waals surface area contributed by atoms with E-state index in [2.05, 4.69) is 63.0 Å². The predicted octanol–water partition coefficient (Wildman–Crippen LogP) is -5.40. The molecule has 3 aromatic rings. The molecule has 4 bridgehead atoms. The fraction of sp³-hybridized carbons (Fsp3) is 0.565. The van der Waals surface area contributed by atoms with Crippen molar-refractivity contribution in [3.05, 3.63) is 65.4 Å². The van der Waals surface area contributed by atoms with Crippen LogP contribution in [0.3, 0.4) is 0 Å². The Kier molecular flexibility index (Phi) is 34.6. The van der Waals surface area contributed by atoms with Gasteiger partial charge in [-0.25, -0.2) is 0 Å². The number of para-hydroxylation sites is 1. The van der Waals surface area contributed by atoms with E-state index in [1.165, 1.54) is 30.5 Å². The molecule has 0 radical (unpaired) electrons. The lowest BCUT2D eigenvalue weighted by Crippen LogP contribution is -2.78. The Morgan fingerprint density at radius 3 is 1.87 bits per heavy atom. The summed E-state index contributed by atoms with van der Waals surface area (Å²) in [4.78, 5) is 208. The molecular formula is C69H98N17O18S2-. The third kappa shape index (κ3) is 28.0. The Bertz CT molecular complexity index is 3670. The van der Waals surface area contributed by atoms with Crippen LogP contribution in [0.2, 0.25) is 0 Å². The van der Waals surface area contributed by atoms with Gasteiger partial charge in [-0.1, -0.05) is 63.0 Å². The van der Waals surface area contributed by atoms with E-state index in [1.807, 2.05) is 6.07 Å². The highest BCUT2D eigenvalue weighted by molar-refractivity contribution is 7.98. The summed E-state index contributed by atoms with van der Waals surface area (Å²) in [5.74, 6) is -15.5. The number of primary amides is 2. The number of oxime groups is 1. The number of thioether (sulfide) groups is 2. The third-order valence-electron chi connectivity index (χ3n) is 17.6. The van der Waals surface area contributed by atoms with Crippen LogP contribution in [0.25, 0.3) is 10.9 Å². The maximum atomic E-state index is 15.2. The number of carboxylic acid groups (broad SMARTS) is 2. The van der Waals surface area contributed by atoms with Crippen molar-refractivity contribution >= 4 is 129 Å². The number of guanidine groups is 1. The van der Waals surface area contributed by atoms with Gasteiger partial charge in [-0.2, -0.15) is 23.5 Å². The highest BCUT2D eigenvalue weighted by atomic mass is 32.2. The van der Waals surface area contributed by atoms with Gasteiger partial charge in [0.05, 0.1) is 13.2 Å². The fourth-order valence-corrected chi connectivity index (χ4v) is 13.9. The lowest BCUT2D eigenvalue weighted by molar-refractivity contribution is -0.459. The summed E-state index contributed by atoms with van der Waals surface area (Å²) in [7, 11) is 0. The van der Waals surface area contributed by atoms with Crippen molar-refractivity contribution in [1.82, 2.24) is 57.7 Å². The summed E-state index contributed by atoms with van der Waals surface area (Å²) in [6.07, 6.45) is 2.44. The summed E-state index contributed by atoms with van der Waals surface area (Å²) in [5.41, 5.74) is 25.1. The number of carbonyl (C=O) groups is 14. The van der Waals surface area contributed by atoms with Gasteiger partial charge in [0.1, 0.15) is 79.0 Å². The van der Waals surface area contributed by atoms with Crippen molar-refractivity contribution in [3.8, 4) is 5.75 Å². The SMILES string of the molecule is CCCC[C@@H]1NC(=O)[C@@H]2CCCN2C(=O)[C@@H]2CSCc3cc(cc(c3)OCCCCCCO/N=C/C(=O)N[C@@H](CCC[NH+]=C(N)N)C(=O)N2)CSC[C@@H](C(N)=O)NC(=O)[C@H](CCC(=O)[O-])NC(=O)[C@H](CCC(N)=O)NC(=O)[C@H](Cc2c[nH]c3ccccc23)NC(=O)[C@H](C(C)C)NC(=O)[C@H](CC(=O)[O-])NC1=O. The van der Waals surface area contributed by atoms with Crippen molar-refractivity contribution in [1.29, 1.82) is 0 Å². The number of hydrogen-bond acceptors (Lipinski definition) is 21. The predicted molar refractivity (Wildman–Crippen MR) is 386 cm³/mol. The van der Waals surface area contributed by atoms with Crippen LogP contribution >= 0.6 is 23.5 Å². The Hall–Kier alpha value is -10.2. The first kappa shape index (κ1) is 84.7. The molecule has 6 rings (SSSR count). The molecule has 37 heteroatoms. The van der Waals surface area contributed by atoms with Crippen molar-refractivity contribution in [3.63, 3.8) is 0 Å². The molecule has 35 nitrogen and oxygen atoms in total. The van der Waals surface area contributed by atoms with Crippen molar-refractivity contribution < 1.29 is 91.9 Å². The molecule has 0 unspecified atom stereocenters. The lowest BCUT2D eigenvalue weighted by Gasteiger charge is -2.31. The van der Waals surface area contributed by atoms with Gasteiger partial charge in [-0.05, 0) is 118 Å². The second-order valence-electron chi connectivity index (χ2n) is 26.4. The van der Waals surface area contributed by atoms with Crippen LogP contribution < -0.4 is 90.7 Å². The Labute approximate surface area is 621 Å². The second-order valence-corrected chi connectivity index (χ2v) is 28.4. The van der Waals surface area contributed by atoms with E-state index in [4.69, 9.17) is 32.5 Å². The summed E-state index contributed by atoms with van der Waals surface area (Å²) in [5, 5.41) is 51.9. The van der Waals surface area contributed by atoms with E-state index in [-0.39, 0.29) is 93.8 Å². The largest absolute Gasteiger partial charge is 0.550 e. The van der Waals surface area contributed by atoms with Gasteiger partial charge in [0.25, 0.3) is 5.91 Å². The molecule has 0 spiro atoms. The molecule has 1 saturated heterocycles. The summed E-state index contributed by atoms with van der Waals surface area (Å²) >= 11 is 2.36. The Morgan fingerprint density at radius 1 is 0.632 bits per heavy atom. The number of nitrogens with zero attached hydrogens (tertiary/aromatic N) is 2. The lowest BCUT2D eigenvalue weighted by atomic mass is 9.99. The van der Waals surface area contributed by atoms with Gasteiger partial charge in [-0.3, -0.25) is 74.0 Å². The van der Waals surface area contributed by atoms with Gasteiger partial charge in [0.15, 0.2) is 0 Å². The minimum Gasteiger partial charge on any atom is -0.550 e. The number of rotatable bonds is 19. The average Bonchev–Trinajstić information content (AvgIpc) is 1.70. The zero-order valence-electron chi connectivity index (χ0n) is 59.6. The molecule has 3 aliphatic heterocycles. The van der Waals surface area contributed by atoms with Gasteiger partial charge >= 0.3 is 5.96 Å². The van der Waals surface area contributed by atoms with E-state index in [0.717, 1.165) is 24.4 Å². The number of ether oxygens (including phenoxy) is 1. The number of benzene rings is 2. The maximum absolute atomic E-state index is 15.2. The van der Waals surface area contributed by atoms with Gasteiger partial charge in [0, 0.05) is 77.9 Å². The summed E-state index contributed by atoms with van der Waals surface area (Å²) < 4.78 is 6.28. The number of H-pyrrole nitrogens is 1. The van der Waals surface area contributed by atoms with Crippen LogP contribution in [0.15, 0.2) is 53.8 Å². The zero-order chi connectivity index (χ0) is 77.4. The van der Waals surface area contributed by atoms with Crippen LogP contribution in [0.4, 0.5) is 0 Å². The molecule has 10 atom stereocenters. The number of hydrogen-bond donors (Lipinski definition) is 15. The molecule has 0 aliphatic carbocycles. The topological polar surface area (TPSA) is 561 Å². The molecule has 106 heavy (non-hydrogen) atoms. The van der Waals surface area contributed by atoms with Crippen LogP contribution in [-0.4, -0.2) is 203 Å². The molecule has 0 saturated carbocycles. The fourth-order valence-electron chi connectivity index (χ4n) is 12.0. The first-order valence-corrected chi connectivity index (χ1v) is 37.7. The smallest absolute Gasteiger partial charge is 0.338 e. The number of carboxylic acids is 2. The number of carbonyl (C=O) groups excluding carboxylic acids is 14. The standard InChI is InChI=1S/C69H99N17O18S2/c1-4-5-15-46-61(95)81-50(31-57(91)92)65(99)85-58(38(2)3)67(101)82-49(30-41-32-75-44-16-9-8-14-43(41)44)64(98)79-47(19-21-54(70)87)62(96)78-48(20-22-56(89)90)63(97)83-51(59(71)93)36-105-34-39-27-40-29-42(28-39)103-25-10-6-7-11-26-104-76-33-55(88)77-45(17-12-23-74-69(72)73)60(94)84-52(37-106-35-40)68(102)86-24-13-18-53(86)66(100)80-46/h8-9,14,16,27-29,32-33,38,45-53,58,75H,4-7,10-13,15,17-26,30-31,34-37H2,1-3H3,(H2,70,87)(H2,71,93)(H,77,88)(H,78,96)(H,79,98)(H,80,100)(H,81,95)(H,82,101)(H,83,97)(H,84,94)(H,85,99)(H,89,90)(H,91,92)(H4,72,73,74)/p-1/b76-33+/t45-,46-,47-,48-,49-,50-,51-,52-,53-,58-/m0/s1. The molecule has 580 valence electrons. The van der Waals surface area contributed by atoms with Crippen LogP contribution in [-0.2, 0) is 89.9 Å². The first-order chi connectivity index (χ1) is 50.6. The molecule has 19 N–H and O–H groups in total. The molecule has 1 aromatic heterocycles. The summed E-state index contributed by atoms with van der Waals surface area (Å²) in [6, 6.07) is -3.30.